The fourth-order valence-corrected chi connectivity index (χ4v) is 4.02. The summed E-state index contributed by atoms with van der Waals surface area (Å²) in [4.78, 5) is 20.5. The van der Waals surface area contributed by atoms with Gasteiger partial charge in [-0.25, -0.2) is 4.98 Å². The van der Waals surface area contributed by atoms with Crippen molar-refractivity contribution in [2.75, 3.05) is 31.6 Å². The van der Waals surface area contributed by atoms with Gasteiger partial charge in [0.1, 0.15) is 23.9 Å². The largest absolute Gasteiger partial charge is 0.490 e. The van der Waals surface area contributed by atoms with Gasteiger partial charge in [-0.2, -0.15) is 24.5 Å². The Morgan fingerprint density at radius 2 is 2.24 bits per heavy atom. The number of benzene rings is 1. The molecule has 3 aromatic rings. The van der Waals surface area contributed by atoms with Gasteiger partial charge in [0, 0.05) is 42.1 Å². The number of aromatic nitrogens is 2. The maximum atomic E-state index is 12.9. The van der Waals surface area contributed by atoms with Crippen LogP contribution in [-0.4, -0.2) is 58.2 Å². The van der Waals surface area contributed by atoms with Gasteiger partial charge in [0.2, 0.25) is 0 Å². The standard InChI is InChI=1S/C23H21F3N4O3S/c24-23(25,26)20-12-27-22(29-20)16-2-3-19(33-9-8-30-7-5-17(31)13-30)18(11-16)28-21(32)4-1-15-6-10-34-14-15/h2-3,6,10-12,14,17,31H,5,7-9,13H2,(H,27,29)(H,28,32). The van der Waals surface area contributed by atoms with Gasteiger partial charge >= 0.3 is 12.1 Å². The first-order chi connectivity index (χ1) is 16.3. The summed E-state index contributed by atoms with van der Waals surface area (Å²) < 4.78 is 44.7. The third kappa shape index (κ3) is 6.17. The molecule has 3 heterocycles. The number of alkyl halides is 3. The lowest BCUT2D eigenvalue weighted by molar-refractivity contribution is -0.140. The Bertz CT molecular complexity index is 1200. The summed E-state index contributed by atoms with van der Waals surface area (Å²) in [7, 11) is 0. The number of aliphatic hydroxyl groups excluding tert-OH is 1. The number of amides is 1. The van der Waals surface area contributed by atoms with Gasteiger partial charge in [-0.15, -0.1) is 0 Å². The second kappa shape index (κ2) is 10.3. The van der Waals surface area contributed by atoms with Crippen molar-refractivity contribution in [3.05, 3.63) is 52.5 Å². The summed E-state index contributed by atoms with van der Waals surface area (Å²) in [6.07, 6.45) is -3.46. The van der Waals surface area contributed by atoms with E-state index in [-0.39, 0.29) is 17.6 Å². The van der Waals surface area contributed by atoms with E-state index >= 15 is 0 Å². The Balaban J connectivity index is 1.53. The molecule has 3 N–H and O–H groups in total. The molecule has 1 aliphatic heterocycles. The summed E-state index contributed by atoms with van der Waals surface area (Å²) in [5.74, 6) is 5.00. The molecular weight excluding hydrogens is 469 g/mol. The van der Waals surface area contributed by atoms with Gasteiger partial charge in [0.05, 0.1) is 18.0 Å². The molecule has 2 aromatic heterocycles. The second-order valence-corrected chi connectivity index (χ2v) is 8.44. The number of hydrogen-bond acceptors (Lipinski definition) is 6. The Hall–Kier alpha value is -3.33. The smallest absolute Gasteiger partial charge is 0.432 e. The van der Waals surface area contributed by atoms with Crippen molar-refractivity contribution in [3.63, 3.8) is 0 Å². The van der Waals surface area contributed by atoms with Crippen molar-refractivity contribution >= 4 is 22.9 Å². The van der Waals surface area contributed by atoms with E-state index in [9.17, 15) is 23.1 Å². The molecule has 4 rings (SSSR count). The van der Waals surface area contributed by atoms with Crippen molar-refractivity contribution in [1.29, 1.82) is 0 Å². The normalized spacial score (nSPS) is 16.2. The molecule has 0 bridgehead atoms. The first kappa shape index (κ1) is 23.8. The van der Waals surface area contributed by atoms with E-state index in [1.807, 2.05) is 5.38 Å². The van der Waals surface area contributed by atoms with Crippen molar-refractivity contribution in [2.24, 2.45) is 0 Å². The minimum Gasteiger partial charge on any atom is -0.490 e. The number of anilines is 1. The van der Waals surface area contributed by atoms with Crippen LogP contribution in [-0.2, 0) is 11.0 Å². The molecule has 0 spiro atoms. The number of ether oxygens (including phenoxy) is 1. The van der Waals surface area contributed by atoms with Gasteiger partial charge in [0.25, 0.3) is 0 Å². The lowest BCUT2D eigenvalue weighted by Gasteiger charge is -2.17. The third-order valence-electron chi connectivity index (χ3n) is 5.14. The van der Waals surface area contributed by atoms with Crippen LogP contribution in [0.4, 0.5) is 18.9 Å². The van der Waals surface area contributed by atoms with Crippen LogP contribution in [0.15, 0.2) is 41.2 Å². The minimum atomic E-state index is -4.55. The number of carbonyl (C=O) groups is 1. The van der Waals surface area contributed by atoms with Crippen LogP contribution in [0.1, 0.15) is 17.7 Å². The molecule has 1 aromatic carbocycles. The zero-order chi connectivity index (χ0) is 24.1. The second-order valence-electron chi connectivity index (χ2n) is 7.66. The Kier molecular flexibility index (Phi) is 7.21. The molecule has 0 saturated carbocycles. The lowest BCUT2D eigenvalue weighted by atomic mass is 10.1. The van der Waals surface area contributed by atoms with Crippen LogP contribution >= 0.6 is 11.3 Å². The van der Waals surface area contributed by atoms with E-state index in [0.717, 1.165) is 12.7 Å². The molecule has 178 valence electrons. The number of H-pyrrole nitrogens is 1. The molecule has 1 aliphatic rings. The Morgan fingerprint density at radius 1 is 1.38 bits per heavy atom. The third-order valence-corrected chi connectivity index (χ3v) is 5.82. The molecule has 11 heteroatoms. The number of aromatic amines is 1. The number of nitrogens with zero attached hydrogens (tertiary/aromatic N) is 2. The van der Waals surface area contributed by atoms with Crippen molar-refractivity contribution < 1.29 is 27.8 Å². The number of aliphatic hydroxyl groups is 1. The maximum Gasteiger partial charge on any atom is 0.432 e. The Labute approximate surface area is 197 Å². The minimum absolute atomic E-state index is 0.00443. The van der Waals surface area contributed by atoms with E-state index in [1.165, 1.54) is 17.4 Å². The molecule has 1 atom stereocenters. The Morgan fingerprint density at radius 3 is 2.91 bits per heavy atom. The van der Waals surface area contributed by atoms with Crippen LogP contribution in [0.25, 0.3) is 11.4 Å². The van der Waals surface area contributed by atoms with Gasteiger partial charge in [0.15, 0.2) is 0 Å². The first-order valence-electron chi connectivity index (χ1n) is 10.4. The number of likely N-dealkylation sites (tertiary alicyclic amines) is 1. The van der Waals surface area contributed by atoms with Crippen LogP contribution in [0.2, 0.25) is 0 Å². The number of rotatable bonds is 6. The predicted octanol–water partition coefficient (Wildman–Crippen LogP) is 3.59. The van der Waals surface area contributed by atoms with Crippen molar-refractivity contribution in [2.45, 2.75) is 18.7 Å². The molecule has 34 heavy (non-hydrogen) atoms. The summed E-state index contributed by atoms with van der Waals surface area (Å²) in [6.45, 7) is 2.22. The maximum absolute atomic E-state index is 12.9. The highest BCUT2D eigenvalue weighted by Gasteiger charge is 2.33. The lowest BCUT2D eigenvalue weighted by Crippen LogP contribution is -2.27. The highest BCUT2D eigenvalue weighted by Crippen LogP contribution is 2.33. The molecule has 7 nitrogen and oxygen atoms in total. The fourth-order valence-electron chi connectivity index (χ4n) is 3.43. The number of hydrogen-bond donors (Lipinski definition) is 3. The zero-order valence-corrected chi connectivity index (χ0v) is 18.7. The number of halogens is 3. The van der Waals surface area contributed by atoms with Crippen molar-refractivity contribution in [1.82, 2.24) is 14.9 Å². The van der Waals surface area contributed by atoms with Crippen LogP contribution in [0, 0.1) is 11.8 Å². The molecule has 1 saturated heterocycles. The van der Waals surface area contributed by atoms with E-state index in [4.69, 9.17) is 4.74 Å². The summed E-state index contributed by atoms with van der Waals surface area (Å²) in [6, 6.07) is 6.38. The SMILES string of the molecule is O=C(C#Cc1ccsc1)Nc1cc(-c2ncc(C(F)(F)F)[nH]2)ccc1OCCN1CCC(O)C1. The predicted molar refractivity (Wildman–Crippen MR) is 121 cm³/mol. The van der Waals surface area contributed by atoms with Crippen LogP contribution < -0.4 is 10.1 Å². The summed E-state index contributed by atoms with van der Waals surface area (Å²) in [5, 5.41) is 15.9. The molecule has 1 unspecified atom stereocenters. The summed E-state index contributed by atoms with van der Waals surface area (Å²) >= 11 is 1.46. The molecule has 1 fully saturated rings. The van der Waals surface area contributed by atoms with Crippen LogP contribution in [0.3, 0.4) is 0 Å². The molecule has 0 radical (unpaired) electrons. The average molecular weight is 491 g/mol. The van der Waals surface area contributed by atoms with Crippen molar-refractivity contribution in [3.8, 4) is 29.0 Å². The highest BCUT2D eigenvalue weighted by atomic mass is 32.1. The zero-order valence-electron chi connectivity index (χ0n) is 17.9. The fraction of sp³-hybridized carbons (Fsp3) is 0.304. The van der Waals surface area contributed by atoms with E-state index in [0.29, 0.717) is 43.0 Å². The number of thiophene rings is 1. The van der Waals surface area contributed by atoms with Crippen LogP contribution in [0.5, 0.6) is 5.75 Å². The number of imidazole rings is 1. The van der Waals surface area contributed by atoms with Gasteiger partial charge in [-0.05, 0) is 36.1 Å². The number of carbonyl (C=O) groups excluding carboxylic acids is 1. The molecular formula is C23H21F3N4O3S. The topological polar surface area (TPSA) is 90.5 Å². The van der Waals surface area contributed by atoms with E-state index < -0.39 is 17.8 Å². The first-order valence-corrected chi connectivity index (χ1v) is 11.4. The van der Waals surface area contributed by atoms with Gasteiger partial charge in [-0.1, -0.05) is 5.92 Å². The molecule has 0 aliphatic carbocycles. The highest BCUT2D eigenvalue weighted by molar-refractivity contribution is 7.08. The average Bonchev–Trinajstić information content (AvgIpc) is 3.55. The monoisotopic (exact) mass is 490 g/mol. The number of nitrogens with one attached hydrogen (secondary N) is 2. The number of β-amino-alcohol motifs (C(OH)–C–C–N with tert-alkyl or cyclic N) is 1. The van der Waals surface area contributed by atoms with E-state index in [1.54, 1.807) is 23.6 Å². The van der Waals surface area contributed by atoms with Gasteiger partial charge < -0.3 is 20.1 Å². The molecule has 1 amide bonds. The van der Waals surface area contributed by atoms with Gasteiger partial charge in [-0.3, -0.25) is 9.69 Å². The van der Waals surface area contributed by atoms with E-state index in [2.05, 4.69) is 32.0 Å². The summed E-state index contributed by atoms with van der Waals surface area (Å²) in [5.41, 5.74) is 0.330. The quantitative estimate of drug-likeness (QED) is 0.460.